The Morgan fingerprint density at radius 3 is 2.47 bits per heavy atom. The molecule has 0 aliphatic rings. The van der Waals surface area contributed by atoms with Gasteiger partial charge in [-0.1, -0.05) is 53.0 Å². The maximum atomic E-state index is 12.3. The number of rotatable bonds is 6. The number of sulfonamides is 1. The molecule has 1 atom stereocenters. The van der Waals surface area contributed by atoms with Crippen molar-refractivity contribution >= 4 is 49.2 Å². The second-order valence-electron chi connectivity index (χ2n) is 4.68. The van der Waals surface area contributed by atoms with E-state index in [0.29, 0.717) is 16.3 Å². The third-order valence-corrected chi connectivity index (χ3v) is 5.47. The average Bonchev–Trinajstić information content (AvgIpc) is 2.30. The van der Waals surface area contributed by atoms with E-state index in [1.165, 1.54) is 12.1 Å². The Kier molecular flexibility index (Phi) is 6.60. The van der Waals surface area contributed by atoms with Gasteiger partial charge in [-0.25, -0.2) is 13.1 Å². The van der Waals surface area contributed by atoms with E-state index in [1.54, 1.807) is 6.07 Å². The summed E-state index contributed by atoms with van der Waals surface area (Å²) in [6, 6.07) is 4.20. The standard InChI is InChI=1S/C12H16BrCl2NO2S/c1-8(2)5-10(7-13)16-19(17,18)12-6-9(14)3-4-11(12)15/h3-4,6,8,10,16H,5,7H2,1-2H3. The molecular weight excluding hydrogens is 373 g/mol. The van der Waals surface area contributed by atoms with Crippen LogP contribution in [-0.2, 0) is 10.0 Å². The lowest BCUT2D eigenvalue weighted by molar-refractivity contribution is 0.488. The summed E-state index contributed by atoms with van der Waals surface area (Å²) in [6.07, 6.45) is 0.739. The maximum absolute atomic E-state index is 12.3. The van der Waals surface area contributed by atoms with Gasteiger partial charge in [-0.3, -0.25) is 0 Å². The fourth-order valence-electron chi connectivity index (χ4n) is 1.68. The lowest BCUT2D eigenvalue weighted by Crippen LogP contribution is -2.37. The molecule has 0 bridgehead atoms. The van der Waals surface area contributed by atoms with Crippen molar-refractivity contribution in [2.24, 2.45) is 5.92 Å². The van der Waals surface area contributed by atoms with Crippen molar-refractivity contribution in [3.8, 4) is 0 Å². The van der Waals surface area contributed by atoms with Crippen LogP contribution in [0.3, 0.4) is 0 Å². The topological polar surface area (TPSA) is 46.2 Å². The van der Waals surface area contributed by atoms with E-state index in [1.807, 2.05) is 13.8 Å². The van der Waals surface area contributed by atoms with E-state index in [0.717, 1.165) is 6.42 Å². The monoisotopic (exact) mass is 387 g/mol. The first kappa shape index (κ1) is 17.2. The van der Waals surface area contributed by atoms with Gasteiger partial charge in [-0.2, -0.15) is 0 Å². The predicted molar refractivity (Wildman–Crippen MR) is 83.8 cm³/mol. The molecule has 1 N–H and O–H groups in total. The van der Waals surface area contributed by atoms with E-state index >= 15 is 0 Å². The lowest BCUT2D eigenvalue weighted by Gasteiger charge is -2.18. The summed E-state index contributed by atoms with van der Waals surface area (Å²) in [5.74, 6) is 0.389. The SMILES string of the molecule is CC(C)CC(CBr)NS(=O)(=O)c1cc(Cl)ccc1Cl. The smallest absolute Gasteiger partial charge is 0.207 e. The summed E-state index contributed by atoms with van der Waals surface area (Å²) in [6.45, 7) is 4.08. The van der Waals surface area contributed by atoms with Gasteiger partial charge in [-0.05, 0) is 30.5 Å². The van der Waals surface area contributed by atoms with Crippen molar-refractivity contribution < 1.29 is 8.42 Å². The van der Waals surface area contributed by atoms with Crippen LogP contribution in [0.2, 0.25) is 10.0 Å². The molecule has 1 rings (SSSR count). The van der Waals surface area contributed by atoms with Crippen molar-refractivity contribution in [3.63, 3.8) is 0 Å². The van der Waals surface area contributed by atoms with Gasteiger partial charge in [0, 0.05) is 16.4 Å². The van der Waals surface area contributed by atoms with Gasteiger partial charge in [0.15, 0.2) is 0 Å². The molecule has 19 heavy (non-hydrogen) atoms. The molecule has 7 heteroatoms. The van der Waals surface area contributed by atoms with E-state index in [4.69, 9.17) is 23.2 Å². The molecule has 108 valence electrons. The third-order valence-electron chi connectivity index (χ3n) is 2.45. The molecule has 0 aliphatic heterocycles. The first-order chi connectivity index (χ1) is 8.76. The van der Waals surface area contributed by atoms with Crippen molar-refractivity contribution in [2.45, 2.75) is 31.2 Å². The average molecular weight is 389 g/mol. The Morgan fingerprint density at radius 2 is 1.95 bits per heavy atom. The van der Waals surface area contributed by atoms with Crippen LogP contribution >= 0.6 is 39.1 Å². The fraction of sp³-hybridized carbons (Fsp3) is 0.500. The van der Waals surface area contributed by atoms with Crippen LogP contribution in [0.25, 0.3) is 0 Å². The molecule has 0 saturated carbocycles. The lowest BCUT2D eigenvalue weighted by atomic mass is 10.1. The van der Waals surface area contributed by atoms with E-state index < -0.39 is 10.0 Å². The molecule has 0 heterocycles. The van der Waals surface area contributed by atoms with Gasteiger partial charge in [0.05, 0.1) is 5.02 Å². The molecule has 0 radical (unpaired) electrons. The zero-order valence-electron chi connectivity index (χ0n) is 10.7. The second-order valence-corrected chi connectivity index (χ2v) is 7.85. The van der Waals surface area contributed by atoms with E-state index in [2.05, 4.69) is 20.7 Å². The third kappa shape index (κ3) is 5.23. The van der Waals surface area contributed by atoms with Gasteiger partial charge < -0.3 is 0 Å². The molecule has 3 nitrogen and oxygen atoms in total. The number of hydrogen-bond donors (Lipinski definition) is 1. The molecule has 0 spiro atoms. The van der Waals surface area contributed by atoms with Crippen LogP contribution in [0.5, 0.6) is 0 Å². The van der Waals surface area contributed by atoms with Gasteiger partial charge >= 0.3 is 0 Å². The zero-order valence-corrected chi connectivity index (χ0v) is 14.6. The minimum absolute atomic E-state index is 0.0105. The number of alkyl halides is 1. The normalized spacial score (nSPS) is 13.8. The van der Waals surface area contributed by atoms with Gasteiger partial charge in [0.25, 0.3) is 0 Å². The quantitative estimate of drug-likeness (QED) is 0.746. The van der Waals surface area contributed by atoms with Crippen LogP contribution in [0.4, 0.5) is 0 Å². The van der Waals surface area contributed by atoms with E-state index in [-0.39, 0.29) is 16.0 Å². The van der Waals surface area contributed by atoms with Gasteiger partial charge in [0.1, 0.15) is 4.90 Å². The highest BCUT2D eigenvalue weighted by Gasteiger charge is 2.22. The Labute approximate surface area is 132 Å². The van der Waals surface area contributed by atoms with Crippen LogP contribution in [0, 0.1) is 5.92 Å². The number of benzene rings is 1. The highest BCUT2D eigenvalue weighted by atomic mass is 79.9. The Morgan fingerprint density at radius 1 is 1.32 bits per heavy atom. The summed E-state index contributed by atoms with van der Waals surface area (Å²) in [5.41, 5.74) is 0. The van der Waals surface area contributed by atoms with Gasteiger partial charge in [0.2, 0.25) is 10.0 Å². The minimum Gasteiger partial charge on any atom is -0.207 e. The highest BCUT2D eigenvalue weighted by molar-refractivity contribution is 9.09. The first-order valence-electron chi connectivity index (χ1n) is 5.79. The molecule has 1 aromatic rings. The second kappa shape index (κ2) is 7.27. The summed E-state index contributed by atoms with van der Waals surface area (Å²) in [4.78, 5) is 0.0105. The van der Waals surface area contributed by atoms with Gasteiger partial charge in [-0.15, -0.1) is 0 Å². The van der Waals surface area contributed by atoms with Crippen molar-refractivity contribution in [1.82, 2.24) is 4.72 Å². The summed E-state index contributed by atoms with van der Waals surface area (Å²) < 4.78 is 27.2. The van der Waals surface area contributed by atoms with Crippen LogP contribution < -0.4 is 4.72 Å². The predicted octanol–water partition coefficient (Wildman–Crippen LogP) is 4.08. The molecule has 0 aromatic heterocycles. The van der Waals surface area contributed by atoms with Crippen LogP contribution in [0.1, 0.15) is 20.3 Å². The summed E-state index contributed by atoms with van der Waals surface area (Å²) in [7, 11) is -3.67. The zero-order chi connectivity index (χ0) is 14.6. The molecule has 1 aromatic carbocycles. The summed E-state index contributed by atoms with van der Waals surface area (Å²) in [5, 5.41) is 1.04. The summed E-state index contributed by atoms with van der Waals surface area (Å²) >= 11 is 15.1. The number of nitrogens with one attached hydrogen (secondary N) is 1. The first-order valence-corrected chi connectivity index (χ1v) is 9.15. The molecule has 0 fully saturated rings. The molecule has 0 saturated heterocycles. The molecule has 1 unspecified atom stereocenters. The highest BCUT2D eigenvalue weighted by Crippen LogP contribution is 2.25. The Balaban J connectivity index is 3.00. The van der Waals surface area contributed by atoms with Crippen LogP contribution in [0.15, 0.2) is 23.1 Å². The van der Waals surface area contributed by atoms with Crippen LogP contribution in [-0.4, -0.2) is 19.8 Å². The molecule has 0 aliphatic carbocycles. The van der Waals surface area contributed by atoms with E-state index in [9.17, 15) is 8.42 Å². The molecule has 0 amide bonds. The van der Waals surface area contributed by atoms with Crippen molar-refractivity contribution in [1.29, 1.82) is 0 Å². The maximum Gasteiger partial charge on any atom is 0.242 e. The van der Waals surface area contributed by atoms with Crippen molar-refractivity contribution in [3.05, 3.63) is 28.2 Å². The minimum atomic E-state index is -3.67. The largest absolute Gasteiger partial charge is 0.242 e. The number of hydrogen-bond acceptors (Lipinski definition) is 2. The number of halogens is 3. The Bertz CT molecular complexity index is 535. The van der Waals surface area contributed by atoms with Crippen molar-refractivity contribution in [2.75, 3.05) is 5.33 Å². The molecular formula is C12H16BrCl2NO2S. The fourth-order valence-corrected chi connectivity index (χ4v) is 4.33. The Hall–Kier alpha value is 0.190.